The van der Waals surface area contributed by atoms with Gasteiger partial charge in [-0.05, 0) is 42.0 Å². The molecule has 0 heterocycles. The van der Waals surface area contributed by atoms with Crippen LogP contribution in [0.3, 0.4) is 0 Å². The molecule has 0 saturated carbocycles. The molecular weight excluding hydrogens is 354 g/mol. The molecular formula is C22H19N3O3. The monoisotopic (exact) mass is 373 g/mol. The first-order valence-corrected chi connectivity index (χ1v) is 8.65. The molecule has 3 aromatic rings. The number of carbonyl (C=O) groups excluding carboxylic acids is 2. The van der Waals surface area contributed by atoms with Crippen LogP contribution in [0.2, 0.25) is 0 Å². The highest BCUT2D eigenvalue weighted by Gasteiger charge is 2.12. The zero-order chi connectivity index (χ0) is 19.8. The molecule has 0 fully saturated rings. The molecule has 0 aliphatic heterocycles. The number of anilines is 1. The van der Waals surface area contributed by atoms with Crippen molar-refractivity contribution in [1.82, 2.24) is 5.43 Å². The first-order valence-electron chi connectivity index (χ1n) is 8.65. The van der Waals surface area contributed by atoms with Gasteiger partial charge in [0, 0.05) is 12.6 Å². The SMILES string of the molecule is CC(=O)Nc1ccc(C=NNC(=O)c2ccccc2Oc2ccccc2)cc1. The lowest BCUT2D eigenvalue weighted by molar-refractivity contribution is -0.114. The molecule has 2 N–H and O–H groups in total. The topological polar surface area (TPSA) is 79.8 Å². The van der Waals surface area contributed by atoms with Gasteiger partial charge in [0.2, 0.25) is 5.91 Å². The summed E-state index contributed by atoms with van der Waals surface area (Å²) in [5.41, 5.74) is 4.36. The summed E-state index contributed by atoms with van der Waals surface area (Å²) in [5.74, 6) is 0.578. The van der Waals surface area contributed by atoms with Gasteiger partial charge in [-0.25, -0.2) is 5.43 Å². The van der Waals surface area contributed by atoms with Crippen LogP contribution < -0.4 is 15.5 Å². The summed E-state index contributed by atoms with van der Waals surface area (Å²) in [7, 11) is 0. The average Bonchev–Trinajstić information content (AvgIpc) is 2.70. The van der Waals surface area contributed by atoms with Crippen LogP contribution in [0.5, 0.6) is 11.5 Å². The van der Waals surface area contributed by atoms with Gasteiger partial charge in [0.1, 0.15) is 11.5 Å². The maximum Gasteiger partial charge on any atom is 0.275 e. The van der Waals surface area contributed by atoms with Gasteiger partial charge >= 0.3 is 0 Å². The summed E-state index contributed by atoms with van der Waals surface area (Å²) >= 11 is 0. The van der Waals surface area contributed by atoms with Crippen molar-refractivity contribution in [3.63, 3.8) is 0 Å². The molecule has 0 radical (unpaired) electrons. The third-order valence-corrected chi connectivity index (χ3v) is 3.71. The minimum atomic E-state index is -0.377. The number of carbonyl (C=O) groups is 2. The molecule has 0 aliphatic carbocycles. The van der Waals surface area contributed by atoms with E-state index in [4.69, 9.17) is 4.74 Å². The summed E-state index contributed by atoms with van der Waals surface area (Å²) in [6.07, 6.45) is 1.52. The van der Waals surface area contributed by atoms with Gasteiger partial charge < -0.3 is 10.1 Å². The summed E-state index contributed by atoms with van der Waals surface area (Å²) < 4.78 is 5.79. The molecule has 6 nitrogen and oxygen atoms in total. The lowest BCUT2D eigenvalue weighted by Gasteiger charge is -2.09. The Morgan fingerprint density at radius 1 is 0.893 bits per heavy atom. The van der Waals surface area contributed by atoms with Crippen LogP contribution >= 0.6 is 0 Å². The maximum atomic E-state index is 12.5. The van der Waals surface area contributed by atoms with Gasteiger partial charge in [-0.15, -0.1) is 0 Å². The lowest BCUT2D eigenvalue weighted by Crippen LogP contribution is -2.18. The van der Waals surface area contributed by atoms with Crippen molar-refractivity contribution >= 4 is 23.7 Å². The molecule has 0 unspecified atom stereocenters. The van der Waals surface area contributed by atoms with E-state index in [0.29, 0.717) is 22.7 Å². The third-order valence-electron chi connectivity index (χ3n) is 3.71. The van der Waals surface area contributed by atoms with Crippen LogP contribution in [0.1, 0.15) is 22.8 Å². The molecule has 2 amide bonds. The smallest absolute Gasteiger partial charge is 0.275 e. The van der Waals surface area contributed by atoms with Crippen LogP contribution in [0, 0.1) is 0 Å². The van der Waals surface area contributed by atoms with Crippen LogP contribution in [0.25, 0.3) is 0 Å². The number of para-hydroxylation sites is 2. The molecule has 3 rings (SSSR count). The molecule has 0 atom stereocenters. The number of nitrogens with one attached hydrogen (secondary N) is 2. The van der Waals surface area contributed by atoms with E-state index in [9.17, 15) is 9.59 Å². The number of rotatable bonds is 6. The normalized spacial score (nSPS) is 10.5. The molecule has 0 spiro atoms. The Morgan fingerprint density at radius 3 is 2.29 bits per heavy atom. The van der Waals surface area contributed by atoms with Crippen LogP contribution in [0.4, 0.5) is 5.69 Å². The van der Waals surface area contributed by atoms with Gasteiger partial charge in [0.15, 0.2) is 0 Å². The molecule has 0 saturated heterocycles. The summed E-state index contributed by atoms with van der Waals surface area (Å²) in [5, 5.41) is 6.68. The standard InChI is InChI=1S/C22H19N3O3/c1-16(26)24-18-13-11-17(12-14-18)15-23-25-22(27)20-9-5-6-10-21(20)28-19-7-3-2-4-8-19/h2-15H,1H3,(H,24,26)(H,25,27). The predicted molar refractivity (Wildman–Crippen MR) is 109 cm³/mol. The maximum absolute atomic E-state index is 12.5. The van der Waals surface area contributed by atoms with Gasteiger partial charge in [-0.2, -0.15) is 5.10 Å². The fourth-order valence-electron chi connectivity index (χ4n) is 2.44. The number of hydrogen-bond acceptors (Lipinski definition) is 4. The van der Waals surface area contributed by atoms with Gasteiger partial charge in [0.05, 0.1) is 11.8 Å². The van der Waals surface area contributed by atoms with E-state index in [-0.39, 0.29) is 11.8 Å². The second kappa shape index (κ2) is 9.14. The molecule has 6 heteroatoms. The minimum absolute atomic E-state index is 0.134. The number of benzene rings is 3. The predicted octanol–water partition coefficient (Wildman–Crippen LogP) is 4.20. The largest absolute Gasteiger partial charge is 0.457 e. The molecule has 3 aromatic carbocycles. The van der Waals surface area contributed by atoms with E-state index in [2.05, 4.69) is 15.8 Å². The van der Waals surface area contributed by atoms with E-state index in [1.54, 1.807) is 48.5 Å². The first-order chi connectivity index (χ1) is 13.6. The first kappa shape index (κ1) is 18.8. The second-order valence-corrected chi connectivity index (χ2v) is 5.91. The third kappa shape index (κ3) is 5.28. The number of hydrazone groups is 1. The molecule has 0 aromatic heterocycles. The van der Waals surface area contributed by atoms with Crippen molar-refractivity contribution in [3.05, 3.63) is 90.0 Å². The number of hydrogen-bond donors (Lipinski definition) is 2. The van der Waals surface area contributed by atoms with Crippen molar-refractivity contribution in [2.45, 2.75) is 6.92 Å². The molecule has 140 valence electrons. The Labute approximate surface area is 162 Å². The summed E-state index contributed by atoms with van der Waals surface area (Å²) in [4.78, 5) is 23.5. The van der Waals surface area contributed by atoms with E-state index >= 15 is 0 Å². The van der Waals surface area contributed by atoms with E-state index in [1.807, 2.05) is 30.3 Å². The molecule has 0 aliphatic rings. The van der Waals surface area contributed by atoms with Crippen LogP contribution in [-0.2, 0) is 4.79 Å². The Hall–Kier alpha value is -3.93. The lowest BCUT2D eigenvalue weighted by atomic mass is 10.2. The zero-order valence-electron chi connectivity index (χ0n) is 15.3. The highest BCUT2D eigenvalue weighted by molar-refractivity contribution is 5.97. The van der Waals surface area contributed by atoms with Gasteiger partial charge in [0.25, 0.3) is 5.91 Å². The number of amides is 2. The Morgan fingerprint density at radius 2 is 1.57 bits per heavy atom. The van der Waals surface area contributed by atoms with E-state index in [1.165, 1.54) is 13.1 Å². The van der Waals surface area contributed by atoms with Crippen LogP contribution in [0.15, 0.2) is 84.0 Å². The number of nitrogens with zero attached hydrogens (tertiary/aromatic N) is 1. The zero-order valence-corrected chi connectivity index (χ0v) is 15.3. The van der Waals surface area contributed by atoms with Crippen molar-refractivity contribution in [2.75, 3.05) is 5.32 Å². The van der Waals surface area contributed by atoms with Crippen molar-refractivity contribution in [2.24, 2.45) is 5.10 Å². The fraction of sp³-hybridized carbons (Fsp3) is 0.0455. The minimum Gasteiger partial charge on any atom is -0.457 e. The van der Waals surface area contributed by atoms with Crippen molar-refractivity contribution < 1.29 is 14.3 Å². The van der Waals surface area contributed by atoms with E-state index in [0.717, 1.165) is 5.56 Å². The fourth-order valence-corrected chi connectivity index (χ4v) is 2.44. The second-order valence-electron chi connectivity index (χ2n) is 5.91. The van der Waals surface area contributed by atoms with Gasteiger partial charge in [-0.3, -0.25) is 9.59 Å². The highest BCUT2D eigenvalue weighted by atomic mass is 16.5. The van der Waals surface area contributed by atoms with Crippen molar-refractivity contribution in [1.29, 1.82) is 0 Å². The van der Waals surface area contributed by atoms with Crippen LogP contribution in [-0.4, -0.2) is 18.0 Å². The molecule has 0 bridgehead atoms. The Bertz CT molecular complexity index is 983. The molecule has 28 heavy (non-hydrogen) atoms. The Balaban J connectivity index is 1.65. The number of ether oxygens (including phenoxy) is 1. The Kier molecular flexibility index (Phi) is 6.15. The summed E-state index contributed by atoms with van der Waals surface area (Å²) in [6, 6.07) is 23.3. The summed E-state index contributed by atoms with van der Waals surface area (Å²) in [6.45, 7) is 1.45. The van der Waals surface area contributed by atoms with E-state index < -0.39 is 0 Å². The highest BCUT2D eigenvalue weighted by Crippen LogP contribution is 2.24. The quantitative estimate of drug-likeness (QED) is 0.502. The average molecular weight is 373 g/mol. The van der Waals surface area contributed by atoms with Crippen molar-refractivity contribution in [3.8, 4) is 11.5 Å². The van der Waals surface area contributed by atoms with Gasteiger partial charge in [-0.1, -0.05) is 42.5 Å².